The number of carbonyl (C=O) groups is 2. The number of benzene rings is 2. The van der Waals surface area contributed by atoms with Crippen molar-refractivity contribution in [2.24, 2.45) is 5.92 Å². The number of hydrogen-bond donors (Lipinski definition) is 1. The first-order valence-corrected chi connectivity index (χ1v) is 11.8. The molecule has 0 saturated carbocycles. The predicted molar refractivity (Wildman–Crippen MR) is 135 cm³/mol. The van der Waals surface area contributed by atoms with Gasteiger partial charge < -0.3 is 9.73 Å². The number of furan rings is 1. The van der Waals surface area contributed by atoms with Crippen LogP contribution in [0.4, 0.5) is 5.69 Å². The van der Waals surface area contributed by atoms with Crippen molar-refractivity contribution in [2.45, 2.75) is 46.7 Å². The first-order valence-electron chi connectivity index (χ1n) is 11.8. The van der Waals surface area contributed by atoms with Gasteiger partial charge in [-0.25, -0.2) is 4.68 Å². The molecule has 8 nitrogen and oxygen atoms in total. The van der Waals surface area contributed by atoms with Crippen LogP contribution in [0.5, 0.6) is 0 Å². The van der Waals surface area contributed by atoms with Gasteiger partial charge in [0.05, 0.1) is 11.8 Å². The monoisotopic (exact) mass is 473 g/mol. The van der Waals surface area contributed by atoms with E-state index >= 15 is 0 Å². The lowest BCUT2D eigenvalue weighted by Gasteiger charge is -2.30. The SMILES string of the molecule is Cc1cc(C)cc(N(C(=O)Cn2nnc3ccccc32)C(C(=O)NCCC(C)C)c2ccco2)c1. The van der Waals surface area contributed by atoms with E-state index in [1.807, 2.05) is 56.3 Å². The number of fused-ring (bicyclic) bond motifs is 1. The van der Waals surface area contributed by atoms with Gasteiger partial charge in [0, 0.05) is 12.2 Å². The summed E-state index contributed by atoms with van der Waals surface area (Å²) in [6, 6.07) is 15.8. The molecule has 1 N–H and O–H groups in total. The minimum absolute atomic E-state index is 0.0794. The van der Waals surface area contributed by atoms with Gasteiger partial charge in [-0.2, -0.15) is 0 Å². The summed E-state index contributed by atoms with van der Waals surface area (Å²) < 4.78 is 7.23. The lowest BCUT2D eigenvalue weighted by atomic mass is 10.1. The Bertz CT molecular complexity index is 1290. The number of hydrogen-bond acceptors (Lipinski definition) is 5. The molecule has 2 amide bonds. The van der Waals surface area contributed by atoms with E-state index in [0.717, 1.165) is 23.1 Å². The highest BCUT2D eigenvalue weighted by Gasteiger charge is 2.35. The van der Waals surface area contributed by atoms with Gasteiger partial charge in [0.15, 0.2) is 6.04 Å². The number of para-hydroxylation sites is 1. The first-order chi connectivity index (χ1) is 16.8. The Morgan fingerprint density at radius 3 is 2.49 bits per heavy atom. The van der Waals surface area contributed by atoms with Crippen LogP contribution in [0.25, 0.3) is 11.0 Å². The maximum absolute atomic E-state index is 13.9. The molecule has 2 heterocycles. The molecular formula is C27H31N5O3. The fourth-order valence-electron chi connectivity index (χ4n) is 4.17. The van der Waals surface area contributed by atoms with E-state index in [4.69, 9.17) is 4.42 Å². The number of aromatic nitrogens is 3. The number of rotatable bonds is 9. The molecule has 0 radical (unpaired) electrons. The summed E-state index contributed by atoms with van der Waals surface area (Å²) in [5, 5.41) is 11.3. The number of aryl methyl sites for hydroxylation is 2. The Morgan fingerprint density at radius 1 is 1.06 bits per heavy atom. The molecular weight excluding hydrogens is 442 g/mol. The Kier molecular flexibility index (Phi) is 7.29. The third-order valence-corrected chi connectivity index (χ3v) is 5.80. The standard InChI is InChI=1S/C27H31N5O3/c1-18(2)11-12-28-27(34)26(24-10-7-13-35-24)32(21-15-19(3)14-20(4)16-21)25(33)17-31-23-9-6-5-8-22(23)29-30-31/h5-10,13-16,18,26H,11-12,17H2,1-4H3,(H,28,34). The van der Waals surface area contributed by atoms with Crippen LogP contribution < -0.4 is 10.2 Å². The van der Waals surface area contributed by atoms with Crippen molar-refractivity contribution in [2.75, 3.05) is 11.4 Å². The molecule has 0 aliphatic rings. The van der Waals surface area contributed by atoms with Crippen molar-refractivity contribution in [1.29, 1.82) is 0 Å². The summed E-state index contributed by atoms with van der Waals surface area (Å²) in [5.41, 5.74) is 4.05. The van der Waals surface area contributed by atoms with Crippen molar-refractivity contribution in [3.63, 3.8) is 0 Å². The zero-order valence-electron chi connectivity index (χ0n) is 20.6. The lowest BCUT2D eigenvalue weighted by Crippen LogP contribution is -2.45. The minimum atomic E-state index is -0.972. The van der Waals surface area contributed by atoms with Gasteiger partial charge in [-0.3, -0.25) is 14.5 Å². The normalized spacial score (nSPS) is 12.1. The molecule has 1 atom stereocenters. The zero-order valence-corrected chi connectivity index (χ0v) is 20.6. The van der Waals surface area contributed by atoms with E-state index in [0.29, 0.717) is 29.4 Å². The molecule has 35 heavy (non-hydrogen) atoms. The van der Waals surface area contributed by atoms with Crippen LogP contribution in [0, 0.1) is 19.8 Å². The van der Waals surface area contributed by atoms with Gasteiger partial charge in [-0.05, 0) is 73.7 Å². The zero-order chi connectivity index (χ0) is 24.9. The molecule has 0 spiro atoms. The Balaban J connectivity index is 1.75. The molecule has 0 saturated heterocycles. The second-order valence-corrected chi connectivity index (χ2v) is 9.24. The van der Waals surface area contributed by atoms with E-state index in [1.54, 1.807) is 16.8 Å². The molecule has 4 rings (SSSR count). The fourth-order valence-corrected chi connectivity index (χ4v) is 4.17. The van der Waals surface area contributed by atoms with Crippen molar-refractivity contribution in [3.05, 3.63) is 77.7 Å². The lowest BCUT2D eigenvalue weighted by molar-refractivity contribution is -0.127. The van der Waals surface area contributed by atoms with Crippen LogP contribution in [-0.2, 0) is 16.1 Å². The van der Waals surface area contributed by atoms with Crippen molar-refractivity contribution in [1.82, 2.24) is 20.3 Å². The number of carbonyl (C=O) groups excluding carboxylic acids is 2. The van der Waals surface area contributed by atoms with Crippen LogP contribution in [-0.4, -0.2) is 33.4 Å². The number of anilines is 1. The van der Waals surface area contributed by atoms with Crippen LogP contribution in [0.3, 0.4) is 0 Å². The summed E-state index contributed by atoms with van der Waals surface area (Å²) in [6.45, 7) is 8.57. The average molecular weight is 474 g/mol. The molecule has 2 aromatic heterocycles. The molecule has 2 aromatic carbocycles. The minimum Gasteiger partial charge on any atom is -0.467 e. The molecule has 1 unspecified atom stereocenters. The van der Waals surface area contributed by atoms with E-state index < -0.39 is 6.04 Å². The molecule has 8 heteroatoms. The summed E-state index contributed by atoms with van der Waals surface area (Å²) >= 11 is 0. The van der Waals surface area contributed by atoms with Gasteiger partial charge in [0.1, 0.15) is 17.8 Å². The topological polar surface area (TPSA) is 93.3 Å². The van der Waals surface area contributed by atoms with Crippen LogP contribution in [0.2, 0.25) is 0 Å². The molecule has 0 fully saturated rings. The van der Waals surface area contributed by atoms with Gasteiger partial charge in [0.2, 0.25) is 5.91 Å². The summed E-state index contributed by atoms with van der Waals surface area (Å²) in [5.74, 6) is 0.237. The average Bonchev–Trinajstić information content (AvgIpc) is 3.47. The largest absolute Gasteiger partial charge is 0.467 e. The third-order valence-electron chi connectivity index (χ3n) is 5.80. The summed E-state index contributed by atoms with van der Waals surface area (Å²) in [4.78, 5) is 29.0. The van der Waals surface area contributed by atoms with Crippen molar-refractivity contribution >= 4 is 28.5 Å². The second kappa shape index (κ2) is 10.5. The highest BCUT2D eigenvalue weighted by molar-refractivity contribution is 6.01. The maximum Gasteiger partial charge on any atom is 0.251 e. The second-order valence-electron chi connectivity index (χ2n) is 9.24. The highest BCUT2D eigenvalue weighted by Crippen LogP contribution is 2.30. The summed E-state index contributed by atoms with van der Waals surface area (Å²) in [7, 11) is 0. The van der Waals surface area contributed by atoms with Gasteiger partial charge in [-0.1, -0.05) is 37.3 Å². The van der Waals surface area contributed by atoms with Crippen LogP contribution >= 0.6 is 0 Å². The van der Waals surface area contributed by atoms with Crippen molar-refractivity contribution in [3.8, 4) is 0 Å². The van der Waals surface area contributed by atoms with Gasteiger partial charge in [-0.15, -0.1) is 5.10 Å². The van der Waals surface area contributed by atoms with Gasteiger partial charge in [0.25, 0.3) is 5.91 Å². The van der Waals surface area contributed by atoms with Crippen LogP contribution in [0.1, 0.15) is 43.2 Å². The Morgan fingerprint density at radius 2 is 1.80 bits per heavy atom. The molecule has 182 valence electrons. The maximum atomic E-state index is 13.9. The van der Waals surface area contributed by atoms with Crippen molar-refractivity contribution < 1.29 is 14.0 Å². The number of amides is 2. The van der Waals surface area contributed by atoms with E-state index in [1.165, 1.54) is 11.2 Å². The Labute approximate surface area is 204 Å². The third kappa shape index (κ3) is 5.59. The first kappa shape index (κ1) is 24.2. The Hall–Kier alpha value is -3.94. The predicted octanol–water partition coefficient (Wildman–Crippen LogP) is 4.58. The quantitative estimate of drug-likeness (QED) is 0.384. The number of nitrogens with one attached hydrogen (secondary N) is 1. The molecule has 0 bridgehead atoms. The number of nitrogens with zero attached hydrogens (tertiary/aromatic N) is 4. The smallest absolute Gasteiger partial charge is 0.251 e. The van der Waals surface area contributed by atoms with E-state index in [9.17, 15) is 9.59 Å². The van der Waals surface area contributed by atoms with Gasteiger partial charge >= 0.3 is 0 Å². The molecule has 0 aliphatic carbocycles. The van der Waals surface area contributed by atoms with Crippen LogP contribution in [0.15, 0.2) is 65.3 Å². The fraction of sp³-hybridized carbons (Fsp3) is 0.333. The van der Waals surface area contributed by atoms with E-state index in [2.05, 4.69) is 29.5 Å². The van der Waals surface area contributed by atoms with E-state index in [-0.39, 0.29) is 18.4 Å². The molecule has 0 aliphatic heterocycles. The molecule has 4 aromatic rings. The summed E-state index contributed by atoms with van der Waals surface area (Å²) in [6.07, 6.45) is 2.35. The highest BCUT2D eigenvalue weighted by atomic mass is 16.3.